The number of nitrogens with zero attached hydrogens (tertiary/aromatic N) is 6. The first-order valence-corrected chi connectivity index (χ1v) is 13.2. The molecule has 6 nitrogen and oxygen atoms in total. The maximum absolute atomic E-state index is 6.76. The van der Waals surface area contributed by atoms with Crippen molar-refractivity contribution in [2.24, 2.45) is 0 Å². The molecule has 0 aliphatic carbocycles. The van der Waals surface area contributed by atoms with E-state index >= 15 is 0 Å². The minimum atomic E-state index is -2.11. The fourth-order valence-electron chi connectivity index (χ4n) is 2.92. The molecule has 0 bridgehead atoms. The molecule has 0 unspecified atom stereocenters. The second-order valence-corrected chi connectivity index (χ2v) is 12.1. The number of rotatable bonds is 7. The quantitative estimate of drug-likeness (QED) is 0.449. The number of aromatic nitrogens is 6. The van der Waals surface area contributed by atoms with Crippen LogP contribution in [-0.2, 0) is 16.8 Å². The zero-order valence-corrected chi connectivity index (χ0v) is 19.7. The normalized spacial score (nSPS) is 13.2. The van der Waals surface area contributed by atoms with Gasteiger partial charge in [-0.1, -0.05) is 0 Å². The van der Waals surface area contributed by atoms with Gasteiger partial charge in [-0.2, -0.15) is 0 Å². The monoisotopic (exact) mass is 464 g/mol. The molecule has 0 fully saturated rings. The fourth-order valence-corrected chi connectivity index (χ4v) is 5.60. The van der Waals surface area contributed by atoms with Crippen LogP contribution < -0.4 is 0 Å². The fraction of sp³-hybridized carbons (Fsp3) is 0.526. The average Bonchev–Trinajstić information content (AvgIpc) is 3.36. The summed E-state index contributed by atoms with van der Waals surface area (Å²) in [6.45, 7) is 12.7. The first kappa shape index (κ1) is 21.4. The van der Waals surface area contributed by atoms with Crippen LogP contribution >= 0.6 is 20.2 Å². The molecule has 3 heterocycles. The van der Waals surface area contributed by atoms with E-state index in [1.807, 2.05) is 50.8 Å². The van der Waals surface area contributed by atoms with Crippen LogP contribution in [0, 0.1) is 0 Å². The van der Waals surface area contributed by atoms with Crippen molar-refractivity contribution >= 4 is 20.2 Å². The van der Waals surface area contributed by atoms with E-state index in [1.54, 1.807) is 0 Å². The Morgan fingerprint density at radius 2 is 0.964 bits per heavy atom. The van der Waals surface area contributed by atoms with E-state index in [2.05, 4.69) is 41.5 Å². The van der Waals surface area contributed by atoms with Gasteiger partial charge in [0.25, 0.3) is 0 Å². The van der Waals surface area contributed by atoms with E-state index in [9.17, 15) is 0 Å². The van der Waals surface area contributed by atoms with Gasteiger partial charge in [0, 0.05) is 0 Å². The van der Waals surface area contributed by atoms with Crippen molar-refractivity contribution < 1.29 is 12.1 Å². The average molecular weight is 465 g/mol. The van der Waals surface area contributed by atoms with Crippen molar-refractivity contribution in [2.75, 3.05) is 0 Å². The Bertz CT molecular complexity index is 812. The van der Waals surface area contributed by atoms with Crippen LogP contribution in [0.1, 0.15) is 76.4 Å². The molecule has 0 aliphatic heterocycles. The molecule has 0 aromatic carbocycles. The third-order valence-corrected chi connectivity index (χ3v) is 7.66. The van der Waals surface area contributed by atoms with E-state index in [-0.39, 0.29) is 17.8 Å². The Hall–Kier alpha value is -1.27. The molecule has 0 amide bonds. The van der Waals surface area contributed by atoms with Gasteiger partial charge in [0.15, 0.2) is 0 Å². The Balaban J connectivity index is 2.28. The Labute approximate surface area is 179 Å². The molecular formula is C19H27Cl2MnN6. The molecule has 3 aromatic rings. The summed E-state index contributed by atoms with van der Waals surface area (Å²) in [5.74, 6) is 0.856. The van der Waals surface area contributed by atoms with Gasteiger partial charge in [0.1, 0.15) is 0 Å². The second-order valence-electron chi connectivity index (χ2n) is 7.77. The van der Waals surface area contributed by atoms with E-state index in [0.29, 0.717) is 0 Å². The van der Waals surface area contributed by atoms with Crippen molar-refractivity contribution in [1.82, 2.24) is 29.3 Å². The number of hydrogen-bond acceptors (Lipinski definition) is 3. The molecule has 9 heteroatoms. The molecule has 0 aliphatic rings. The van der Waals surface area contributed by atoms with E-state index in [1.165, 1.54) is 0 Å². The van der Waals surface area contributed by atoms with Crippen molar-refractivity contribution in [3.8, 4) is 0 Å². The summed E-state index contributed by atoms with van der Waals surface area (Å²) < 4.78 is 4.38. The summed E-state index contributed by atoms with van der Waals surface area (Å²) in [5, 5.41) is 14.4. The maximum atomic E-state index is 6.76. The molecule has 0 spiro atoms. The van der Waals surface area contributed by atoms with Gasteiger partial charge in [0.2, 0.25) is 0 Å². The van der Waals surface area contributed by atoms with Gasteiger partial charge in [-0.25, -0.2) is 0 Å². The third kappa shape index (κ3) is 3.65. The molecule has 3 rings (SSSR count). The molecule has 0 saturated carbocycles. The minimum absolute atomic E-state index is 0.285. The third-order valence-electron chi connectivity index (χ3n) is 4.67. The zero-order valence-electron chi connectivity index (χ0n) is 17.0. The van der Waals surface area contributed by atoms with Crippen LogP contribution in [0.4, 0.5) is 0 Å². The predicted octanol–water partition coefficient (Wildman–Crippen LogP) is 5.24. The Kier molecular flexibility index (Phi) is 6.30. The zero-order chi connectivity index (χ0) is 20.6. The summed E-state index contributed by atoms with van der Waals surface area (Å²) in [4.78, 5) is 0. The summed E-state index contributed by atoms with van der Waals surface area (Å²) in [6, 6.07) is 5.99. The van der Waals surface area contributed by atoms with Gasteiger partial charge in [-0.05, 0) is 0 Å². The summed E-state index contributed by atoms with van der Waals surface area (Å²) in [7, 11) is 13.5. The van der Waals surface area contributed by atoms with Crippen molar-refractivity contribution in [3.05, 3.63) is 53.9 Å². The standard InChI is InChI=1S/C19H27N6.2ClH.Mn/c1-13(2)16-7-10-23(20-16)19(24-11-8-17(21-24)14(3)4)25-12-9-18(22-25)15(5)6;;;/h7-15H,1-6H3;2*1H;/q;;;+2/p-2. The summed E-state index contributed by atoms with van der Waals surface area (Å²) in [5.41, 5.74) is 2.90. The molecule has 0 saturated heterocycles. The first-order chi connectivity index (χ1) is 13.2. The number of halogens is 2. The molecule has 0 atom stereocenters. The van der Waals surface area contributed by atoms with Gasteiger partial charge >= 0.3 is 179 Å². The molecule has 3 aromatic heterocycles. The van der Waals surface area contributed by atoms with Crippen molar-refractivity contribution in [3.63, 3.8) is 0 Å². The van der Waals surface area contributed by atoms with E-state index < -0.39 is 16.8 Å². The summed E-state index contributed by atoms with van der Waals surface area (Å²) in [6.07, 6.45) is 5.75. The Morgan fingerprint density at radius 1 is 0.679 bits per heavy atom. The van der Waals surface area contributed by atoms with E-state index in [0.717, 1.165) is 17.1 Å². The molecule has 154 valence electrons. The predicted molar refractivity (Wildman–Crippen MR) is 109 cm³/mol. The number of hydrogen-bond donors (Lipinski definition) is 0. The van der Waals surface area contributed by atoms with Gasteiger partial charge < -0.3 is 0 Å². The SMILES string of the molecule is CC(C)c1ccn([C](n2ccc(C(C)C)n2)(n2ccc(C(C)C)n2)[Mn]([Cl])[Cl])n1. The molecule has 0 N–H and O–H groups in total. The van der Waals surface area contributed by atoms with E-state index in [4.69, 9.17) is 35.5 Å². The van der Waals surface area contributed by atoms with Crippen LogP contribution in [0.2, 0.25) is 0 Å². The van der Waals surface area contributed by atoms with Crippen LogP contribution in [0.25, 0.3) is 0 Å². The van der Waals surface area contributed by atoms with Crippen LogP contribution in [0.3, 0.4) is 0 Å². The van der Waals surface area contributed by atoms with Gasteiger partial charge in [-0.15, -0.1) is 0 Å². The second kappa shape index (κ2) is 8.23. The molecular weight excluding hydrogens is 438 g/mol. The van der Waals surface area contributed by atoms with Crippen molar-refractivity contribution in [2.45, 2.75) is 64.0 Å². The molecule has 0 radical (unpaired) electrons. The van der Waals surface area contributed by atoms with Crippen molar-refractivity contribution in [1.29, 1.82) is 0 Å². The molecule has 28 heavy (non-hydrogen) atoms. The van der Waals surface area contributed by atoms with Crippen LogP contribution in [0.5, 0.6) is 0 Å². The first-order valence-electron chi connectivity index (χ1n) is 9.39. The van der Waals surface area contributed by atoms with Crippen LogP contribution in [-0.4, -0.2) is 29.3 Å². The van der Waals surface area contributed by atoms with Crippen LogP contribution in [0.15, 0.2) is 36.8 Å². The topological polar surface area (TPSA) is 53.5 Å². The van der Waals surface area contributed by atoms with Gasteiger partial charge in [0.05, 0.1) is 0 Å². The summed E-state index contributed by atoms with van der Waals surface area (Å²) >= 11 is -2.11. The van der Waals surface area contributed by atoms with Gasteiger partial charge in [-0.3, -0.25) is 0 Å². The Morgan fingerprint density at radius 3 is 1.14 bits per heavy atom.